The van der Waals surface area contributed by atoms with Gasteiger partial charge in [-0.25, -0.2) is 9.69 Å². The molecule has 0 aliphatic rings. The third kappa shape index (κ3) is 7.65. The first-order valence-corrected chi connectivity index (χ1v) is 8.79. The molecule has 0 fully saturated rings. The Bertz CT molecular complexity index is 471. The second-order valence-corrected chi connectivity index (χ2v) is 7.39. The van der Waals surface area contributed by atoms with E-state index in [-0.39, 0.29) is 4.90 Å². The second kappa shape index (κ2) is 6.95. The molecule has 124 valence electrons. The SMILES string of the molecule is O=C(O)CC[C@@](O)(C(=O)O)N(CP(=O)(O)O)CP(=O)(O)O. The molecule has 21 heavy (non-hydrogen) atoms. The summed E-state index contributed by atoms with van der Waals surface area (Å²) in [5, 5.41) is 27.3. The Morgan fingerprint density at radius 3 is 1.57 bits per heavy atom. The van der Waals surface area contributed by atoms with Crippen LogP contribution in [0, 0.1) is 0 Å². The first-order chi connectivity index (χ1) is 9.17. The smallest absolute Gasteiger partial charge is 0.351 e. The highest BCUT2D eigenvalue weighted by molar-refractivity contribution is 7.52. The zero-order chi connectivity index (χ0) is 17.1. The number of hydrogen-bond donors (Lipinski definition) is 7. The minimum Gasteiger partial charge on any atom is -0.481 e. The minimum absolute atomic E-state index is 0.0418. The highest BCUT2D eigenvalue weighted by Gasteiger charge is 2.47. The van der Waals surface area contributed by atoms with E-state index in [4.69, 9.17) is 29.8 Å². The van der Waals surface area contributed by atoms with Gasteiger partial charge in [-0.2, -0.15) is 0 Å². The van der Waals surface area contributed by atoms with Gasteiger partial charge < -0.3 is 34.9 Å². The van der Waals surface area contributed by atoms with Crippen molar-refractivity contribution in [3.8, 4) is 0 Å². The van der Waals surface area contributed by atoms with E-state index in [1.165, 1.54) is 0 Å². The normalized spacial score (nSPS) is 15.7. The van der Waals surface area contributed by atoms with Crippen LogP contribution in [0.4, 0.5) is 0 Å². The number of carboxylic acid groups (broad SMARTS) is 2. The first kappa shape index (κ1) is 20.2. The topological polar surface area (TPSA) is 213 Å². The van der Waals surface area contributed by atoms with Crippen LogP contribution in [-0.2, 0) is 18.7 Å². The Morgan fingerprint density at radius 1 is 0.952 bits per heavy atom. The Balaban J connectivity index is 5.56. The van der Waals surface area contributed by atoms with Crippen molar-refractivity contribution < 1.29 is 53.6 Å². The summed E-state index contributed by atoms with van der Waals surface area (Å²) in [7, 11) is -9.96. The van der Waals surface area contributed by atoms with Crippen molar-refractivity contribution in [3.05, 3.63) is 0 Å². The molecule has 12 nitrogen and oxygen atoms in total. The number of carbonyl (C=O) groups is 2. The van der Waals surface area contributed by atoms with Gasteiger partial charge in [-0.15, -0.1) is 0 Å². The van der Waals surface area contributed by atoms with Gasteiger partial charge in [0.05, 0.1) is 6.42 Å². The van der Waals surface area contributed by atoms with Gasteiger partial charge in [0.1, 0.15) is 12.6 Å². The number of aliphatic carboxylic acids is 2. The van der Waals surface area contributed by atoms with E-state index >= 15 is 0 Å². The predicted octanol–water partition coefficient (Wildman–Crippen LogP) is -1.80. The fourth-order valence-corrected chi connectivity index (χ4v) is 3.12. The maximum absolute atomic E-state index is 11.1. The lowest BCUT2D eigenvalue weighted by atomic mass is 10.1. The van der Waals surface area contributed by atoms with Crippen molar-refractivity contribution in [3.63, 3.8) is 0 Å². The summed E-state index contributed by atoms with van der Waals surface area (Å²) in [6, 6.07) is 0. The van der Waals surface area contributed by atoms with Gasteiger partial charge in [0.15, 0.2) is 0 Å². The van der Waals surface area contributed by atoms with Gasteiger partial charge in [-0.3, -0.25) is 13.9 Å². The van der Waals surface area contributed by atoms with Crippen LogP contribution in [0.3, 0.4) is 0 Å². The summed E-state index contributed by atoms with van der Waals surface area (Å²) in [6.45, 7) is 0. The van der Waals surface area contributed by atoms with Gasteiger partial charge >= 0.3 is 27.1 Å². The third-order valence-corrected chi connectivity index (χ3v) is 3.68. The lowest BCUT2D eigenvalue weighted by Gasteiger charge is -2.35. The molecule has 1 atom stereocenters. The monoisotopic (exact) mass is 351 g/mol. The van der Waals surface area contributed by atoms with E-state index in [9.17, 15) is 23.8 Å². The molecule has 7 N–H and O–H groups in total. The van der Waals surface area contributed by atoms with Crippen LogP contribution in [0.1, 0.15) is 12.8 Å². The average molecular weight is 351 g/mol. The van der Waals surface area contributed by atoms with Crippen molar-refractivity contribution in [1.29, 1.82) is 0 Å². The fourth-order valence-electron chi connectivity index (χ4n) is 1.40. The van der Waals surface area contributed by atoms with Crippen molar-refractivity contribution in [2.75, 3.05) is 12.6 Å². The Kier molecular flexibility index (Phi) is 6.67. The molecule has 0 amide bonds. The van der Waals surface area contributed by atoms with Gasteiger partial charge in [0.2, 0.25) is 5.72 Å². The average Bonchev–Trinajstić information content (AvgIpc) is 2.20. The summed E-state index contributed by atoms with van der Waals surface area (Å²) in [4.78, 5) is 56.7. The molecule has 0 saturated heterocycles. The van der Waals surface area contributed by atoms with Crippen LogP contribution in [0.25, 0.3) is 0 Å². The van der Waals surface area contributed by atoms with Gasteiger partial charge in [0, 0.05) is 6.42 Å². The number of hydrogen-bond acceptors (Lipinski definition) is 6. The summed E-state index contributed by atoms with van der Waals surface area (Å²) in [6.07, 6.45) is -4.87. The highest BCUT2D eigenvalue weighted by Crippen LogP contribution is 2.43. The van der Waals surface area contributed by atoms with Gasteiger partial charge in [0.25, 0.3) is 0 Å². The number of nitrogens with zero attached hydrogens (tertiary/aromatic N) is 1. The zero-order valence-electron chi connectivity index (χ0n) is 10.4. The maximum Gasteiger partial charge on any atom is 0.351 e. The van der Waals surface area contributed by atoms with Crippen LogP contribution >= 0.6 is 15.2 Å². The standard InChI is InChI=1S/C7H15NO11P2/c9-5(10)1-2-7(13,6(11)12)8(3-20(14,15)16)4-21(17,18)19/h13H,1-4H2,(H,9,10)(H,11,12)(H2,14,15,16)(H2,17,18,19)/t7-/m1/s1. The first-order valence-electron chi connectivity index (χ1n) is 5.19. The van der Waals surface area contributed by atoms with Crippen molar-refractivity contribution in [1.82, 2.24) is 4.90 Å². The molecule has 14 heteroatoms. The van der Waals surface area contributed by atoms with E-state index in [0.717, 1.165) is 0 Å². The molecule has 0 saturated carbocycles. The Morgan fingerprint density at radius 2 is 1.33 bits per heavy atom. The molecular weight excluding hydrogens is 336 g/mol. The van der Waals surface area contributed by atoms with Crippen molar-refractivity contribution in [2.24, 2.45) is 0 Å². The molecule has 0 aliphatic carbocycles. The number of carboxylic acids is 2. The number of aliphatic hydroxyl groups is 1. The molecule has 0 aromatic heterocycles. The molecule has 0 bridgehead atoms. The molecule has 0 aliphatic heterocycles. The Labute approximate surface area is 117 Å². The van der Waals surface area contributed by atoms with E-state index in [1.54, 1.807) is 0 Å². The minimum atomic E-state index is -4.98. The van der Waals surface area contributed by atoms with E-state index < -0.39 is 58.3 Å². The van der Waals surface area contributed by atoms with E-state index in [2.05, 4.69) is 0 Å². The van der Waals surface area contributed by atoms with E-state index in [0.29, 0.717) is 0 Å². The molecule has 0 spiro atoms. The maximum atomic E-state index is 11.1. The summed E-state index contributed by atoms with van der Waals surface area (Å²) in [5.74, 6) is -3.60. The summed E-state index contributed by atoms with van der Waals surface area (Å²) >= 11 is 0. The molecular formula is C7H15NO11P2. The van der Waals surface area contributed by atoms with E-state index in [1.807, 2.05) is 0 Å². The molecule has 0 radical (unpaired) electrons. The highest BCUT2D eigenvalue weighted by atomic mass is 31.2. The zero-order valence-corrected chi connectivity index (χ0v) is 12.2. The molecule has 0 rings (SSSR count). The number of rotatable bonds is 9. The Hall–Kier alpha value is -0.840. The molecule has 0 unspecified atom stereocenters. The molecule has 0 heterocycles. The van der Waals surface area contributed by atoms with Crippen molar-refractivity contribution >= 4 is 27.1 Å². The fraction of sp³-hybridized carbons (Fsp3) is 0.714. The summed E-state index contributed by atoms with van der Waals surface area (Å²) in [5.41, 5.74) is -3.15. The van der Waals surface area contributed by atoms with Gasteiger partial charge in [-0.1, -0.05) is 0 Å². The lowest BCUT2D eigenvalue weighted by Crippen LogP contribution is -2.55. The van der Waals surface area contributed by atoms with Crippen LogP contribution in [-0.4, -0.2) is 70.0 Å². The van der Waals surface area contributed by atoms with Crippen LogP contribution < -0.4 is 0 Å². The quantitative estimate of drug-likeness (QED) is 0.181. The van der Waals surface area contributed by atoms with Crippen LogP contribution in [0.2, 0.25) is 0 Å². The lowest BCUT2D eigenvalue weighted by molar-refractivity contribution is -0.182. The largest absolute Gasteiger partial charge is 0.481 e. The third-order valence-electron chi connectivity index (χ3n) is 2.26. The summed E-state index contributed by atoms with van der Waals surface area (Å²) < 4.78 is 21.8. The van der Waals surface area contributed by atoms with Gasteiger partial charge in [-0.05, 0) is 0 Å². The predicted molar refractivity (Wildman–Crippen MR) is 65.1 cm³/mol. The molecule has 0 aromatic rings. The molecule has 0 aromatic carbocycles. The van der Waals surface area contributed by atoms with Crippen LogP contribution in [0.5, 0.6) is 0 Å². The van der Waals surface area contributed by atoms with Crippen molar-refractivity contribution in [2.45, 2.75) is 18.6 Å². The van der Waals surface area contributed by atoms with Crippen LogP contribution in [0.15, 0.2) is 0 Å². The second-order valence-electron chi connectivity index (χ2n) is 4.17.